The van der Waals surface area contributed by atoms with Crippen LogP contribution in [0, 0.1) is 5.82 Å². The van der Waals surface area contributed by atoms with Gasteiger partial charge in [-0.15, -0.1) is 0 Å². The van der Waals surface area contributed by atoms with Gasteiger partial charge in [-0.05, 0) is 30.7 Å². The molecule has 0 bridgehead atoms. The molecule has 1 N–H and O–H groups in total. The lowest BCUT2D eigenvalue weighted by molar-refractivity contribution is 0.0654. The highest BCUT2D eigenvalue weighted by atomic mass is 19.1. The minimum absolute atomic E-state index is 0.0864. The molecule has 1 aliphatic rings. The highest BCUT2D eigenvalue weighted by Gasteiger charge is 2.16. The zero-order valence-electron chi connectivity index (χ0n) is 11.1. The highest BCUT2D eigenvalue weighted by Crippen LogP contribution is 2.07. The third kappa shape index (κ3) is 4.01. The van der Waals surface area contributed by atoms with Crippen molar-refractivity contribution >= 4 is 5.91 Å². The Labute approximate surface area is 112 Å². The largest absolute Gasteiger partial charge is 0.379 e. The summed E-state index contributed by atoms with van der Waals surface area (Å²) in [5.74, 6) is -0.417. The number of carbonyl (C=O) groups is 1. The molecule has 1 heterocycles. The number of nitrogens with zero attached hydrogens (tertiary/aromatic N) is 1. The van der Waals surface area contributed by atoms with Crippen LogP contribution in [0.15, 0.2) is 24.3 Å². The lowest BCUT2D eigenvalue weighted by Gasteiger charge is -2.26. The zero-order chi connectivity index (χ0) is 13.7. The molecule has 1 fully saturated rings. The van der Waals surface area contributed by atoms with Gasteiger partial charge in [-0.3, -0.25) is 4.79 Å². The average Bonchev–Trinajstić information content (AvgIpc) is 2.46. The van der Waals surface area contributed by atoms with Gasteiger partial charge >= 0.3 is 0 Å². The summed E-state index contributed by atoms with van der Waals surface area (Å²) in [6.07, 6.45) is 0.851. The molecule has 2 rings (SSSR count). The Morgan fingerprint density at radius 1 is 1.47 bits per heavy atom. The molecule has 104 valence electrons. The van der Waals surface area contributed by atoms with Crippen LogP contribution in [0.2, 0.25) is 0 Å². The lowest BCUT2D eigenvalue weighted by Crippen LogP contribution is -2.43. The van der Waals surface area contributed by atoms with Crippen molar-refractivity contribution in [3.63, 3.8) is 0 Å². The van der Waals surface area contributed by atoms with Crippen molar-refractivity contribution in [2.75, 3.05) is 33.4 Å². The van der Waals surface area contributed by atoms with Gasteiger partial charge in [-0.1, -0.05) is 0 Å². The van der Waals surface area contributed by atoms with Crippen LogP contribution in [0.5, 0.6) is 0 Å². The molecule has 1 aliphatic heterocycles. The molecule has 0 spiro atoms. The van der Waals surface area contributed by atoms with E-state index in [0.29, 0.717) is 24.8 Å². The predicted molar refractivity (Wildman–Crippen MR) is 70.6 cm³/mol. The summed E-state index contributed by atoms with van der Waals surface area (Å²) in [7, 11) is 1.76. The van der Waals surface area contributed by atoms with E-state index in [1.54, 1.807) is 11.9 Å². The summed E-state index contributed by atoms with van der Waals surface area (Å²) in [6, 6.07) is 5.93. The molecule has 1 amide bonds. The molecule has 1 atom stereocenters. The standard InChI is InChI=1S/C14H19FN2O2/c1-17(8-6-13-10-19-9-7-16-13)14(18)11-2-4-12(15)5-3-11/h2-5,13,16H,6-10H2,1H3. The number of hydrogen-bond donors (Lipinski definition) is 1. The van der Waals surface area contributed by atoms with Crippen LogP contribution >= 0.6 is 0 Å². The second-order valence-electron chi connectivity index (χ2n) is 4.75. The fourth-order valence-corrected chi connectivity index (χ4v) is 2.07. The maximum absolute atomic E-state index is 12.8. The second kappa shape index (κ2) is 6.63. The third-order valence-corrected chi connectivity index (χ3v) is 3.25. The molecule has 1 unspecified atom stereocenters. The molecule has 1 saturated heterocycles. The summed E-state index contributed by atoms with van der Waals surface area (Å²) in [5, 5.41) is 3.35. The van der Waals surface area contributed by atoms with Gasteiger partial charge in [0.25, 0.3) is 5.91 Å². The fourth-order valence-electron chi connectivity index (χ4n) is 2.07. The first kappa shape index (κ1) is 14.0. The van der Waals surface area contributed by atoms with Crippen molar-refractivity contribution in [3.8, 4) is 0 Å². The first-order valence-corrected chi connectivity index (χ1v) is 6.49. The molecule has 1 aromatic rings. The summed E-state index contributed by atoms with van der Waals surface area (Å²) in [4.78, 5) is 13.7. The van der Waals surface area contributed by atoms with Gasteiger partial charge in [-0.2, -0.15) is 0 Å². The van der Waals surface area contributed by atoms with E-state index in [0.717, 1.165) is 19.6 Å². The summed E-state index contributed by atoms with van der Waals surface area (Å²) in [6.45, 7) is 2.96. The molecule has 19 heavy (non-hydrogen) atoms. The maximum atomic E-state index is 12.8. The van der Waals surface area contributed by atoms with Gasteiger partial charge in [-0.25, -0.2) is 4.39 Å². The van der Waals surface area contributed by atoms with Crippen LogP contribution in [0.3, 0.4) is 0 Å². The first-order valence-electron chi connectivity index (χ1n) is 6.49. The van der Waals surface area contributed by atoms with E-state index in [9.17, 15) is 9.18 Å². The summed E-state index contributed by atoms with van der Waals surface area (Å²) in [5.41, 5.74) is 0.511. The van der Waals surface area contributed by atoms with Crippen molar-refractivity contribution in [1.29, 1.82) is 0 Å². The van der Waals surface area contributed by atoms with Gasteiger partial charge in [0, 0.05) is 31.7 Å². The first-order chi connectivity index (χ1) is 9.16. The van der Waals surface area contributed by atoms with Gasteiger partial charge in [0.2, 0.25) is 0 Å². The third-order valence-electron chi connectivity index (χ3n) is 3.25. The van der Waals surface area contributed by atoms with Crippen LogP contribution in [-0.2, 0) is 4.74 Å². The number of morpholine rings is 1. The van der Waals surface area contributed by atoms with Crippen molar-refractivity contribution in [2.24, 2.45) is 0 Å². The van der Waals surface area contributed by atoms with E-state index in [-0.39, 0.29) is 11.7 Å². The SMILES string of the molecule is CN(CCC1COCCN1)C(=O)c1ccc(F)cc1. The molecule has 0 radical (unpaired) electrons. The fraction of sp³-hybridized carbons (Fsp3) is 0.500. The monoisotopic (exact) mass is 266 g/mol. The molecule has 1 aromatic carbocycles. The van der Waals surface area contributed by atoms with E-state index in [4.69, 9.17) is 4.74 Å². The molecule has 0 aliphatic carbocycles. The van der Waals surface area contributed by atoms with Crippen LogP contribution in [-0.4, -0.2) is 50.2 Å². The number of amides is 1. The van der Waals surface area contributed by atoms with Crippen LogP contribution < -0.4 is 5.32 Å². The smallest absolute Gasteiger partial charge is 0.253 e. The Hall–Kier alpha value is -1.46. The quantitative estimate of drug-likeness (QED) is 0.892. The number of carbonyl (C=O) groups excluding carboxylic acids is 1. The Morgan fingerprint density at radius 2 is 2.21 bits per heavy atom. The second-order valence-corrected chi connectivity index (χ2v) is 4.75. The van der Waals surface area contributed by atoms with Gasteiger partial charge in [0.1, 0.15) is 5.82 Å². The van der Waals surface area contributed by atoms with Gasteiger partial charge in [0.05, 0.1) is 13.2 Å². The minimum atomic E-state index is -0.331. The van der Waals surface area contributed by atoms with Crippen LogP contribution in [0.25, 0.3) is 0 Å². The highest BCUT2D eigenvalue weighted by molar-refractivity contribution is 5.93. The normalized spacial score (nSPS) is 19.2. The lowest BCUT2D eigenvalue weighted by atomic mass is 10.1. The van der Waals surface area contributed by atoms with Crippen LogP contribution in [0.4, 0.5) is 4.39 Å². The molecular weight excluding hydrogens is 247 g/mol. The van der Waals surface area contributed by atoms with Crippen molar-refractivity contribution in [2.45, 2.75) is 12.5 Å². The van der Waals surface area contributed by atoms with E-state index in [2.05, 4.69) is 5.32 Å². The minimum Gasteiger partial charge on any atom is -0.379 e. The number of benzene rings is 1. The van der Waals surface area contributed by atoms with Crippen molar-refractivity contribution < 1.29 is 13.9 Å². The molecule has 0 saturated carbocycles. The van der Waals surface area contributed by atoms with Gasteiger partial charge in [0.15, 0.2) is 0 Å². The molecule has 4 nitrogen and oxygen atoms in total. The number of ether oxygens (including phenoxy) is 1. The van der Waals surface area contributed by atoms with E-state index in [1.807, 2.05) is 0 Å². The zero-order valence-corrected chi connectivity index (χ0v) is 11.1. The van der Waals surface area contributed by atoms with E-state index < -0.39 is 0 Å². The number of rotatable bonds is 4. The number of hydrogen-bond acceptors (Lipinski definition) is 3. The Morgan fingerprint density at radius 3 is 2.84 bits per heavy atom. The Kier molecular flexibility index (Phi) is 4.87. The molecular formula is C14H19FN2O2. The summed E-state index contributed by atoms with van der Waals surface area (Å²) < 4.78 is 18.2. The van der Waals surface area contributed by atoms with Gasteiger partial charge < -0.3 is 15.0 Å². The average molecular weight is 266 g/mol. The van der Waals surface area contributed by atoms with E-state index >= 15 is 0 Å². The maximum Gasteiger partial charge on any atom is 0.253 e. The summed E-state index contributed by atoms with van der Waals surface area (Å²) >= 11 is 0. The van der Waals surface area contributed by atoms with E-state index in [1.165, 1.54) is 24.3 Å². The predicted octanol–water partition coefficient (Wildman–Crippen LogP) is 1.28. The van der Waals surface area contributed by atoms with Crippen molar-refractivity contribution in [1.82, 2.24) is 10.2 Å². The molecule has 0 aromatic heterocycles. The topological polar surface area (TPSA) is 41.6 Å². The van der Waals surface area contributed by atoms with Crippen LogP contribution in [0.1, 0.15) is 16.8 Å². The number of halogens is 1. The molecule has 5 heteroatoms. The Balaban J connectivity index is 1.83. The Bertz CT molecular complexity index is 416. The number of nitrogens with one attached hydrogen (secondary N) is 1. The van der Waals surface area contributed by atoms with Crippen molar-refractivity contribution in [3.05, 3.63) is 35.6 Å².